The maximum atomic E-state index is 5.95. The molecule has 0 aromatic heterocycles. The van der Waals surface area contributed by atoms with Crippen molar-refractivity contribution in [3.05, 3.63) is 45.5 Å². The molecule has 4 heteroatoms. The molecule has 0 amide bonds. The molecule has 2 nitrogen and oxygen atoms in total. The molecule has 0 bridgehead atoms. The molecule has 0 aliphatic heterocycles. The van der Waals surface area contributed by atoms with Crippen molar-refractivity contribution >= 4 is 30.1 Å². The van der Waals surface area contributed by atoms with Gasteiger partial charge in [-0.25, -0.2) is 0 Å². The fraction of sp³-hybridized carbons (Fsp3) is 0.400. The molecule has 1 N–H and O–H groups in total. The van der Waals surface area contributed by atoms with Gasteiger partial charge in [-0.2, -0.15) is 0 Å². The third kappa shape index (κ3) is 3.85. The first-order valence-electron chi connectivity index (χ1n) is 6.46. The highest BCUT2D eigenvalue weighted by molar-refractivity contribution is 8.03. The molecule has 1 unspecified atom stereocenters. The van der Waals surface area contributed by atoms with Crippen LogP contribution in [0.1, 0.15) is 30.7 Å². The Labute approximate surface area is 124 Å². The van der Waals surface area contributed by atoms with Crippen molar-refractivity contribution in [3.63, 3.8) is 0 Å². The minimum absolute atomic E-state index is 0.571. The molecule has 0 spiro atoms. The predicted molar refractivity (Wildman–Crippen MR) is 86.1 cm³/mol. The van der Waals surface area contributed by atoms with E-state index in [4.69, 9.17) is 11.6 Å². The van der Waals surface area contributed by atoms with Crippen LogP contribution < -0.4 is 5.32 Å². The molecule has 0 fully saturated rings. The van der Waals surface area contributed by atoms with Gasteiger partial charge in [0.25, 0.3) is 0 Å². The lowest BCUT2D eigenvalue weighted by Crippen LogP contribution is -2.10. The monoisotopic (exact) mass is 294 g/mol. The van der Waals surface area contributed by atoms with Gasteiger partial charge in [-0.15, -0.1) is 11.8 Å². The Morgan fingerprint density at radius 3 is 2.79 bits per heavy atom. The summed E-state index contributed by atoms with van der Waals surface area (Å²) in [6.07, 6.45) is 3.21. The fourth-order valence-corrected chi connectivity index (χ4v) is 3.48. The van der Waals surface area contributed by atoms with E-state index in [2.05, 4.69) is 29.2 Å². The largest absolute Gasteiger partial charge is 0.311 e. The van der Waals surface area contributed by atoms with Crippen LogP contribution in [0.4, 0.5) is 0 Å². The molecule has 1 atom stereocenters. The quantitative estimate of drug-likeness (QED) is 0.642. The lowest BCUT2D eigenvalue weighted by atomic mass is 9.86. The molecule has 1 aliphatic carbocycles. The standard InChI is InChI=1S/C15H19ClN2S/c1-17-10-19-15-9-12(5-8-14(15)18-2)11-3-6-13(16)7-4-11/h3-4,6-7,12,17H,2,5,8-10H2,1H3. The van der Waals surface area contributed by atoms with Crippen LogP contribution in [0.2, 0.25) is 5.02 Å². The number of halogens is 1. The van der Waals surface area contributed by atoms with E-state index in [-0.39, 0.29) is 0 Å². The van der Waals surface area contributed by atoms with E-state index in [1.54, 1.807) is 0 Å². The number of aliphatic imine (C=N–C) groups is 1. The number of hydrogen-bond acceptors (Lipinski definition) is 3. The summed E-state index contributed by atoms with van der Waals surface area (Å²) in [5.74, 6) is 1.49. The molecular weight excluding hydrogens is 276 g/mol. The Morgan fingerprint density at radius 2 is 2.16 bits per heavy atom. The molecule has 1 aromatic rings. The van der Waals surface area contributed by atoms with Crippen molar-refractivity contribution in [3.8, 4) is 0 Å². The Morgan fingerprint density at radius 1 is 1.42 bits per heavy atom. The summed E-state index contributed by atoms with van der Waals surface area (Å²) in [4.78, 5) is 5.55. The van der Waals surface area contributed by atoms with Gasteiger partial charge >= 0.3 is 0 Å². The number of nitrogens with zero attached hydrogens (tertiary/aromatic N) is 1. The van der Waals surface area contributed by atoms with Gasteiger partial charge in [-0.3, -0.25) is 4.99 Å². The van der Waals surface area contributed by atoms with Gasteiger partial charge in [-0.1, -0.05) is 23.7 Å². The van der Waals surface area contributed by atoms with Crippen LogP contribution in [-0.4, -0.2) is 19.6 Å². The van der Waals surface area contributed by atoms with Crippen molar-refractivity contribution in [2.45, 2.75) is 25.2 Å². The zero-order valence-electron chi connectivity index (χ0n) is 11.2. The van der Waals surface area contributed by atoms with Crippen molar-refractivity contribution < 1.29 is 0 Å². The zero-order valence-corrected chi connectivity index (χ0v) is 12.7. The second-order valence-electron chi connectivity index (χ2n) is 4.66. The highest BCUT2D eigenvalue weighted by Crippen LogP contribution is 2.41. The topological polar surface area (TPSA) is 24.4 Å². The van der Waals surface area contributed by atoms with Crippen molar-refractivity contribution in [2.24, 2.45) is 4.99 Å². The SMILES string of the molecule is C=NC1=C(SCNC)CC(c2ccc(Cl)cc2)CC1. The first-order chi connectivity index (χ1) is 9.24. The summed E-state index contributed by atoms with van der Waals surface area (Å²) in [5, 5.41) is 3.97. The van der Waals surface area contributed by atoms with E-state index in [0.717, 1.165) is 30.2 Å². The van der Waals surface area contributed by atoms with Crippen LogP contribution in [0.3, 0.4) is 0 Å². The van der Waals surface area contributed by atoms with Crippen LogP contribution in [0, 0.1) is 0 Å². The summed E-state index contributed by atoms with van der Waals surface area (Å²) in [7, 11) is 1.97. The van der Waals surface area contributed by atoms with E-state index >= 15 is 0 Å². The first-order valence-corrected chi connectivity index (χ1v) is 7.82. The molecule has 102 valence electrons. The molecule has 1 aliphatic rings. The highest BCUT2D eigenvalue weighted by atomic mass is 35.5. The summed E-state index contributed by atoms with van der Waals surface area (Å²) < 4.78 is 0. The number of rotatable bonds is 5. The normalized spacial score (nSPS) is 19.6. The van der Waals surface area contributed by atoms with E-state index in [0.29, 0.717) is 5.92 Å². The van der Waals surface area contributed by atoms with Crippen LogP contribution in [0.5, 0.6) is 0 Å². The lowest BCUT2D eigenvalue weighted by molar-refractivity contribution is 0.591. The van der Waals surface area contributed by atoms with Crippen molar-refractivity contribution in [2.75, 3.05) is 12.9 Å². The first kappa shape index (κ1) is 14.6. The van der Waals surface area contributed by atoms with Gasteiger partial charge in [0.1, 0.15) is 0 Å². The van der Waals surface area contributed by atoms with Gasteiger partial charge in [0, 0.05) is 21.5 Å². The average molecular weight is 295 g/mol. The van der Waals surface area contributed by atoms with Gasteiger partial charge in [0.2, 0.25) is 0 Å². The fourth-order valence-electron chi connectivity index (χ4n) is 2.38. The third-order valence-corrected chi connectivity index (χ3v) is 4.84. The summed E-state index contributed by atoms with van der Waals surface area (Å²) in [5.41, 5.74) is 2.54. The van der Waals surface area contributed by atoms with Crippen molar-refractivity contribution in [1.82, 2.24) is 5.32 Å². The number of benzene rings is 1. The highest BCUT2D eigenvalue weighted by Gasteiger charge is 2.22. The summed E-state index contributed by atoms with van der Waals surface area (Å²) >= 11 is 7.79. The van der Waals surface area contributed by atoms with E-state index in [1.165, 1.54) is 16.2 Å². The molecular formula is C15H19ClN2S. The molecule has 0 heterocycles. The molecule has 0 radical (unpaired) electrons. The Hall–Kier alpha value is -0.770. The molecule has 0 saturated heterocycles. The van der Waals surface area contributed by atoms with Crippen LogP contribution in [0.15, 0.2) is 39.9 Å². The van der Waals surface area contributed by atoms with Crippen LogP contribution >= 0.6 is 23.4 Å². The number of nitrogens with one attached hydrogen (secondary N) is 1. The molecule has 0 saturated carbocycles. The van der Waals surface area contributed by atoms with Gasteiger partial charge in [0.15, 0.2) is 0 Å². The van der Waals surface area contributed by atoms with Crippen LogP contribution in [0.25, 0.3) is 0 Å². The number of allylic oxidation sites excluding steroid dienone is 2. The van der Waals surface area contributed by atoms with E-state index in [9.17, 15) is 0 Å². The number of hydrogen-bond donors (Lipinski definition) is 1. The second kappa shape index (κ2) is 7.13. The van der Waals surface area contributed by atoms with Gasteiger partial charge in [0.05, 0.1) is 0 Å². The lowest BCUT2D eigenvalue weighted by Gasteiger charge is -2.25. The van der Waals surface area contributed by atoms with E-state index < -0.39 is 0 Å². The van der Waals surface area contributed by atoms with Crippen molar-refractivity contribution in [1.29, 1.82) is 0 Å². The maximum absolute atomic E-state index is 5.95. The van der Waals surface area contributed by atoms with Gasteiger partial charge in [-0.05, 0) is 56.6 Å². The van der Waals surface area contributed by atoms with E-state index in [1.807, 2.05) is 30.9 Å². The third-order valence-electron chi connectivity index (χ3n) is 3.41. The molecule has 1 aromatic carbocycles. The predicted octanol–water partition coefficient (Wildman–Crippen LogP) is 4.43. The Kier molecular flexibility index (Phi) is 5.49. The summed E-state index contributed by atoms with van der Waals surface area (Å²) in [6.45, 7) is 3.69. The Bertz CT molecular complexity index is 468. The maximum Gasteiger partial charge on any atom is 0.0492 e. The minimum atomic E-state index is 0.571. The molecule has 2 rings (SSSR count). The minimum Gasteiger partial charge on any atom is -0.311 e. The zero-order chi connectivity index (χ0) is 13.7. The summed E-state index contributed by atoms with van der Waals surface area (Å²) in [6, 6.07) is 8.23. The van der Waals surface area contributed by atoms with Crippen LogP contribution in [-0.2, 0) is 0 Å². The van der Waals surface area contributed by atoms with Gasteiger partial charge < -0.3 is 5.32 Å². The Balaban J connectivity index is 2.12. The molecule has 19 heavy (non-hydrogen) atoms. The smallest absolute Gasteiger partial charge is 0.0492 e. The average Bonchev–Trinajstić information content (AvgIpc) is 2.45. The number of thioether (sulfide) groups is 1. The second-order valence-corrected chi connectivity index (χ2v) is 6.17.